The van der Waals surface area contributed by atoms with Crippen LogP contribution in [0.4, 0.5) is 0 Å². The number of aryl methyl sites for hydroxylation is 2. The summed E-state index contributed by atoms with van der Waals surface area (Å²) < 4.78 is 14.0. The molecule has 0 radical (unpaired) electrons. The molecule has 0 amide bonds. The van der Waals surface area contributed by atoms with Crippen LogP contribution in [0.1, 0.15) is 60.4 Å². The zero-order valence-corrected chi connectivity index (χ0v) is 26.8. The fourth-order valence-corrected chi connectivity index (χ4v) is 6.44. The van der Waals surface area contributed by atoms with E-state index in [1.54, 1.807) is 0 Å². The van der Waals surface area contributed by atoms with E-state index in [0.29, 0.717) is 22.8 Å². The Kier molecular flexibility index (Phi) is 9.47. The summed E-state index contributed by atoms with van der Waals surface area (Å²) in [5.41, 5.74) is 7.04. The lowest BCUT2D eigenvalue weighted by Crippen LogP contribution is -2.32. The molecule has 0 saturated heterocycles. The molecule has 232 valence electrons. The quantitative estimate of drug-likeness (QED) is 0.150. The number of ketones is 1. The van der Waals surface area contributed by atoms with Crippen molar-refractivity contribution in [3.8, 4) is 11.5 Å². The van der Waals surface area contributed by atoms with E-state index < -0.39 is 0 Å². The van der Waals surface area contributed by atoms with Crippen molar-refractivity contribution < 1.29 is 14.3 Å². The van der Waals surface area contributed by atoms with Gasteiger partial charge in [0.1, 0.15) is 29.7 Å². The molecular formula is C37H39ClN4O3. The van der Waals surface area contributed by atoms with Crippen molar-refractivity contribution in [3.63, 3.8) is 0 Å². The maximum atomic E-state index is 13.5. The summed E-state index contributed by atoms with van der Waals surface area (Å²) in [6.45, 7) is 9.43. The highest BCUT2D eigenvalue weighted by atomic mass is 35.5. The van der Waals surface area contributed by atoms with Crippen LogP contribution in [0.25, 0.3) is 11.0 Å². The third-order valence-electron chi connectivity index (χ3n) is 8.65. The number of hydrogen-bond donors (Lipinski definition) is 0. The third kappa shape index (κ3) is 6.90. The predicted octanol–water partition coefficient (Wildman–Crippen LogP) is 7.76. The van der Waals surface area contributed by atoms with E-state index in [-0.39, 0.29) is 30.8 Å². The number of benzene rings is 4. The summed E-state index contributed by atoms with van der Waals surface area (Å²) in [6.07, 6.45) is 1.29. The molecule has 8 heteroatoms. The van der Waals surface area contributed by atoms with Crippen LogP contribution in [0.2, 0.25) is 5.02 Å². The number of halogens is 1. The molecule has 0 N–H and O–H groups in total. The van der Waals surface area contributed by atoms with Crippen LogP contribution in [-0.2, 0) is 24.4 Å². The fourth-order valence-electron chi connectivity index (χ4n) is 6.11. The molecule has 7 nitrogen and oxygen atoms in total. The van der Waals surface area contributed by atoms with E-state index in [0.717, 1.165) is 48.4 Å². The Morgan fingerprint density at radius 1 is 1.04 bits per heavy atom. The Bertz CT molecular complexity index is 1790. The van der Waals surface area contributed by atoms with Gasteiger partial charge in [0.15, 0.2) is 5.78 Å². The van der Waals surface area contributed by atoms with E-state index in [2.05, 4.69) is 65.5 Å². The lowest BCUT2D eigenvalue weighted by atomic mass is 9.85. The van der Waals surface area contributed by atoms with Gasteiger partial charge in [0.25, 0.3) is 0 Å². The van der Waals surface area contributed by atoms with Crippen molar-refractivity contribution in [1.82, 2.24) is 19.9 Å². The Labute approximate surface area is 269 Å². The predicted molar refractivity (Wildman–Crippen MR) is 178 cm³/mol. The van der Waals surface area contributed by atoms with E-state index >= 15 is 0 Å². The van der Waals surface area contributed by atoms with Crippen molar-refractivity contribution in [3.05, 3.63) is 118 Å². The first-order valence-electron chi connectivity index (χ1n) is 15.7. The highest BCUT2D eigenvalue weighted by Crippen LogP contribution is 2.38. The molecule has 0 fully saturated rings. The highest BCUT2D eigenvalue weighted by molar-refractivity contribution is 6.35. The molecule has 6 rings (SSSR count). The Morgan fingerprint density at radius 3 is 2.64 bits per heavy atom. The summed E-state index contributed by atoms with van der Waals surface area (Å²) in [4.78, 5) is 15.9. The first kappa shape index (κ1) is 30.8. The van der Waals surface area contributed by atoms with Crippen LogP contribution >= 0.6 is 11.6 Å². The van der Waals surface area contributed by atoms with E-state index in [9.17, 15) is 4.79 Å². The van der Waals surface area contributed by atoms with Gasteiger partial charge < -0.3 is 9.47 Å². The minimum atomic E-state index is -0.281. The van der Waals surface area contributed by atoms with Gasteiger partial charge in [-0.25, -0.2) is 4.68 Å². The monoisotopic (exact) mass is 622 g/mol. The molecular weight excluding hydrogens is 584 g/mol. The molecule has 0 bridgehead atoms. The summed E-state index contributed by atoms with van der Waals surface area (Å²) in [6, 6.07) is 28.3. The highest BCUT2D eigenvalue weighted by Gasteiger charge is 2.26. The van der Waals surface area contributed by atoms with Crippen molar-refractivity contribution in [2.24, 2.45) is 0 Å². The van der Waals surface area contributed by atoms with Gasteiger partial charge >= 0.3 is 0 Å². The van der Waals surface area contributed by atoms with Crippen LogP contribution < -0.4 is 9.47 Å². The molecule has 5 aromatic rings. The van der Waals surface area contributed by atoms with Gasteiger partial charge in [0.05, 0.1) is 10.5 Å². The van der Waals surface area contributed by atoms with Crippen molar-refractivity contribution in [2.45, 2.75) is 65.3 Å². The number of aromatic nitrogens is 3. The standard InChI is InChI=1S/C37H39ClN4O3/c1-4-30-23-41(21-27-11-9-10-14-35(27)45-30)22-28-19-26(16-15-25(28)3)33(20-29(43)24-44-31-12-7-6-8-13-31)32-17-18-34-37(36(32)38)39-40-42(34)5-2/h6-19,30,33H,4-5,20-24H2,1-3H3/t30-,33+/m1/s1. The number of carbonyl (C=O) groups excluding carboxylic acids is 1. The van der Waals surface area contributed by atoms with Crippen LogP contribution in [-0.4, -0.2) is 44.9 Å². The summed E-state index contributed by atoms with van der Waals surface area (Å²) in [7, 11) is 0. The number of hydrogen-bond acceptors (Lipinski definition) is 6. The topological polar surface area (TPSA) is 69.5 Å². The van der Waals surface area contributed by atoms with Gasteiger partial charge in [-0.05, 0) is 66.8 Å². The maximum absolute atomic E-state index is 13.5. The summed E-state index contributed by atoms with van der Waals surface area (Å²) in [5.74, 6) is 1.35. The third-order valence-corrected chi connectivity index (χ3v) is 9.05. The summed E-state index contributed by atoms with van der Waals surface area (Å²) >= 11 is 7.06. The maximum Gasteiger partial charge on any atom is 0.171 e. The second-order valence-corrected chi connectivity index (χ2v) is 12.1. The number of Topliss-reactive ketones (excluding diaryl/α,β-unsaturated/α-hetero) is 1. The molecule has 45 heavy (non-hydrogen) atoms. The number of ether oxygens (including phenoxy) is 2. The zero-order valence-electron chi connectivity index (χ0n) is 26.1. The Balaban J connectivity index is 1.32. The van der Waals surface area contributed by atoms with Crippen LogP contribution in [0.3, 0.4) is 0 Å². The Hall–Kier alpha value is -4.20. The van der Waals surface area contributed by atoms with E-state index in [4.69, 9.17) is 21.1 Å². The first-order chi connectivity index (χ1) is 21.9. The van der Waals surface area contributed by atoms with Crippen molar-refractivity contribution in [1.29, 1.82) is 0 Å². The largest absolute Gasteiger partial charge is 0.489 e. The van der Waals surface area contributed by atoms with E-state index in [1.807, 2.05) is 60.1 Å². The van der Waals surface area contributed by atoms with Gasteiger partial charge in [-0.15, -0.1) is 5.10 Å². The van der Waals surface area contributed by atoms with Gasteiger partial charge in [0, 0.05) is 44.1 Å². The van der Waals surface area contributed by atoms with Gasteiger partial charge in [-0.3, -0.25) is 9.69 Å². The second-order valence-electron chi connectivity index (χ2n) is 11.8. The van der Waals surface area contributed by atoms with Crippen LogP contribution in [0.15, 0.2) is 84.9 Å². The van der Waals surface area contributed by atoms with Gasteiger partial charge in [-0.2, -0.15) is 0 Å². The average Bonchev–Trinajstić information content (AvgIpc) is 3.40. The Morgan fingerprint density at radius 2 is 1.84 bits per heavy atom. The SMILES string of the molecule is CC[C@@H]1CN(Cc2cc([C@H](CC(=O)COc3ccccc3)c3ccc4c(nnn4CC)c3Cl)ccc2C)Cc2ccccc2O1. The molecule has 1 aliphatic heterocycles. The number of para-hydroxylation sites is 2. The number of fused-ring (bicyclic) bond motifs is 2. The molecule has 0 spiro atoms. The minimum Gasteiger partial charge on any atom is -0.489 e. The van der Waals surface area contributed by atoms with Crippen molar-refractivity contribution in [2.75, 3.05) is 13.2 Å². The molecule has 1 aromatic heterocycles. The number of rotatable bonds is 11. The van der Waals surface area contributed by atoms with Crippen molar-refractivity contribution >= 4 is 28.4 Å². The molecule has 2 atom stereocenters. The number of carbonyl (C=O) groups is 1. The minimum absolute atomic E-state index is 0.00795. The molecule has 4 aromatic carbocycles. The zero-order chi connectivity index (χ0) is 31.3. The molecule has 2 heterocycles. The molecule has 0 aliphatic carbocycles. The molecule has 0 saturated carbocycles. The van der Waals surface area contributed by atoms with Crippen LogP contribution in [0, 0.1) is 6.92 Å². The average molecular weight is 623 g/mol. The lowest BCUT2D eigenvalue weighted by molar-refractivity contribution is -0.121. The first-order valence-corrected chi connectivity index (χ1v) is 16.1. The van der Waals surface area contributed by atoms with Gasteiger partial charge in [0.2, 0.25) is 0 Å². The second kappa shape index (κ2) is 13.8. The van der Waals surface area contributed by atoms with Gasteiger partial charge in [-0.1, -0.05) is 84.4 Å². The molecule has 1 aliphatic rings. The van der Waals surface area contributed by atoms with Crippen LogP contribution in [0.5, 0.6) is 11.5 Å². The molecule has 0 unspecified atom stereocenters. The smallest absolute Gasteiger partial charge is 0.171 e. The number of nitrogens with zero attached hydrogens (tertiary/aromatic N) is 4. The summed E-state index contributed by atoms with van der Waals surface area (Å²) in [5, 5.41) is 9.19. The fraction of sp³-hybridized carbons (Fsp3) is 0.324. The lowest BCUT2D eigenvalue weighted by Gasteiger charge is -2.25. The normalized spacial score (nSPS) is 15.7. The van der Waals surface area contributed by atoms with E-state index in [1.165, 1.54) is 16.7 Å².